The first-order valence-electron chi connectivity index (χ1n) is 4.78. The maximum absolute atomic E-state index is 5.68. The fraction of sp³-hybridized carbons (Fsp3) is 0.600. The van der Waals surface area contributed by atoms with Gasteiger partial charge in [0.1, 0.15) is 11.9 Å². The number of nitrogens with zero attached hydrogens (tertiary/aromatic N) is 2. The van der Waals surface area contributed by atoms with Crippen molar-refractivity contribution in [1.29, 1.82) is 0 Å². The fourth-order valence-corrected chi connectivity index (χ4v) is 1.12. The standard InChI is InChI=1S/C10H17N3O2/c1-6(14-3)8-5-9(11)13-10(12-8)7(2)15-4/h5-7H,1-4H3,(H2,11,12,13). The molecule has 0 aliphatic carbocycles. The molecule has 0 aromatic carbocycles. The topological polar surface area (TPSA) is 70.3 Å². The summed E-state index contributed by atoms with van der Waals surface area (Å²) in [6, 6.07) is 1.71. The summed E-state index contributed by atoms with van der Waals surface area (Å²) in [5, 5.41) is 0. The van der Waals surface area contributed by atoms with Gasteiger partial charge >= 0.3 is 0 Å². The molecule has 1 heterocycles. The van der Waals surface area contributed by atoms with Crippen LogP contribution in [0.5, 0.6) is 0 Å². The summed E-state index contributed by atoms with van der Waals surface area (Å²) in [5.74, 6) is 1.01. The number of hydrogen-bond acceptors (Lipinski definition) is 5. The summed E-state index contributed by atoms with van der Waals surface area (Å²) < 4.78 is 10.3. The number of nitrogens with two attached hydrogens (primary N) is 1. The number of methoxy groups -OCH3 is 2. The summed E-state index contributed by atoms with van der Waals surface area (Å²) in [4.78, 5) is 8.44. The van der Waals surface area contributed by atoms with Crippen LogP contribution >= 0.6 is 0 Å². The van der Waals surface area contributed by atoms with Gasteiger partial charge in [0.2, 0.25) is 0 Å². The maximum atomic E-state index is 5.68. The van der Waals surface area contributed by atoms with E-state index in [-0.39, 0.29) is 12.2 Å². The minimum Gasteiger partial charge on any atom is -0.384 e. The van der Waals surface area contributed by atoms with Crippen LogP contribution in [0.15, 0.2) is 6.07 Å². The van der Waals surface area contributed by atoms with Crippen LogP contribution in [-0.4, -0.2) is 24.2 Å². The molecule has 0 amide bonds. The Morgan fingerprint density at radius 2 is 1.73 bits per heavy atom. The SMILES string of the molecule is COC(C)c1cc(N)nc(C(C)OC)n1. The second kappa shape index (κ2) is 5.04. The Hall–Kier alpha value is -1.20. The van der Waals surface area contributed by atoms with Crippen molar-refractivity contribution < 1.29 is 9.47 Å². The molecule has 0 radical (unpaired) electrons. The molecule has 2 atom stereocenters. The van der Waals surface area contributed by atoms with E-state index in [4.69, 9.17) is 15.2 Å². The third-order valence-corrected chi connectivity index (χ3v) is 2.27. The van der Waals surface area contributed by atoms with Gasteiger partial charge in [0.05, 0.1) is 11.8 Å². The zero-order valence-corrected chi connectivity index (χ0v) is 9.52. The highest BCUT2D eigenvalue weighted by Gasteiger charge is 2.13. The summed E-state index contributed by atoms with van der Waals surface area (Å²) in [5.41, 5.74) is 6.45. The highest BCUT2D eigenvalue weighted by atomic mass is 16.5. The van der Waals surface area contributed by atoms with Crippen LogP contribution in [0, 0.1) is 0 Å². The molecule has 0 fully saturated rings. The molecule has 0 aliphatic rings. The van der Waals surface area contributed by atoms with Crippen molar-refractivity contribution in [1.82, 2.24) is 9.97 Å². The number of nitrogen functional groups attached to an aromatic ring is 1. The van der Waals surface area contributed by atoms with Gasteiger partial charge < -0.3 is 15.2 Å². The minimum absolute atomic E-state index is 0.0990. The minimum atomic E-state index is -0.170. The number of ether oxygens (including phenoxy) is 2. The van der Waals surface area contributed by atoms with Crippen molar-refractivity contribution in [3.8, 4) is 0 Å². The van der Waals surface area contributed by atoms with Crippen molar-refractivity contribution in [3.05, 3.63) is 17.6 Å². The maximum Gasteiger partial charge on any atom is 0.159 e. The Morgan fingerprint density at radius 3 is 2.27 bits per heavy atom. The van der Waals surface area contributed by atoms with E-state index >= 15 is 0 Å². The summed E-state index contributed by atoms with van der Waals surface area (Å²) in [6.45, 7) is 3.78. The van der Waals surface area contributed by atoms with E-state index in [9.17, 15) is 0 Å². The Balaban J connectivity index is 3.04. The zero-order chi connectivity index (χ0) is 11.4. The molecule has 5 nitrogen and oxygen atoms in total. The molecule has 84 valence electrons. The number of aromatic nitrogens is 2. The molecular weight excluding hydrogens is 194 g/mol. The Morgan fingerprint density at radius 1 is 1.13 bits per heavy atom. The summed E-state index contributed by atoms with van der Waals surface area (Å²) in [6.07, 6.45) is -0.269. The Labute approximate surface area is 89.6 Å². The predicted molar refractivity (Wildman–Crippen MR) is 57.3 cm³/mol. The van der Waals surface area contributed by atoms with Gasteiger partial charge in [-0.15, -0.1) is 0 Å². The van der Waals surface area contributed by atoms with Gasteiger partial charge in [0.25, 0.3) is 0 Å². The van der Waals surface area contributed by atoms with E-state index < -0.39 is 0 Å². The first kappa shape index (κ1) is 11.9. The number of rotatable bonds is 4. The van der Waals surface area contributed by atoms with Gasteiger partial charge in [-0.05, 0) is 13.8 Å². The quantitative estimate of drug-likeness (QED) is 0.816. The summed E-state index contributed by atoms with van der Waals surface area (Å²) in [7, 11) is 3.24. The average Bonchev–Trinajstić information content (AvgIpc) is 2.26. The number of anilines is 1. The molecule has 0 bridgehead atoms. The first-order chi connectivity index (χ1) is 7.08. The Bertz CT molecular complexity index is 302. The van der Waals surface area contributed by atoms with Gasteiger partial charge in [0, 0.05) is 20.3 Å². The molecule has 0 aliphatic heterocycles. The second-order valence-corrected chi connectivity index (χ2v) is 3.33. The van der Waals surface area contributed by atoms with E-state index in [1.54, 1.807) is 20.3 Å². The normalized spacial score (nSPS) is 14.9. The second-order valence-electron chi connectivity index (χ2n) is 3.33. The molecular formula is C10H17N3O2. The van der Waals surface area contributed by atoms with Crippen molar-refractivity contribution in [2.24, 2.45) is 0 Å². The highest BCUT2D eigenvalue weighted by Crippen LogP contribution is 2.19. The molecule has 2 unspecified atom stereocenters. The lowest BCUT2D eigenvalue weighted by Crippen LogP contribution is -2.10. The van der Waals surface area contributed by atoms with Crippen LogP contribution in [0.4, 0.5) is 5.82 Å². The van der Waals surface area contributed by atoms with E-state index in [1.165, 1.54) is 0 Å². The molecule has 5 heteroatoms. The summed E-state index contributed by atoms with van der Waals surface area (Å²) >= 11 is 0. The molecule has 2 N–H and O–H groups in total. The Kier molecular flexibility index (Phi) is 3.99. The molecule has 1 rings (SSSR count). The lowest BCUT2D eigenvalue weighted by atomic mass is 10.2. The van der Waals surface area contributed by atoms with Crippen LogP contribution in [0.2, 0.25) is 0 Å². The van der Waals surface area contributed by atoms with E-state index in [0.717, 1.165) is 5.69 Å². The van der Waals surface area contributed by atoms with Gasteiger partial charge in [-0.1, -0.05) is 0 Å². The first-order valence-corrected chi connectivity index (χ1v) is 4.78. The molecule has 15 heavy (non-hydrogen) atoms. The van der Waals surface area contributed by atoms with Crippen molar-refractivity contribution in [2.75, 3.05) is 20.0 Å². The van der Waals surface area contributed by atoms with Gasteiger partial charge in [-0.25, -0.2) is 9.97 Å². The third-order valence-electron chi connectivity index (χ3n) is 2.27. The molecule has 0 spiro atoms. The van der Waals surface area contributed by atoms with Crippen LogP contribution < -0.4 is 5.73 Å². The van der Waals surface area contributed by atoms with Gasteiger partial charge in [-0.3, -0.25) is 0 Å². The molecule has 0 saturated carbocycles. The van der Waals surface area contributed by atoms with Crippen LogP contribution in [0.25, 0.3) is 0 Å². The molecule has 1 aromatic heterocycles. The lowest BCUT2D eigenvalue weighted by molar-refractivity contribution is 0.104. The largest absolute Gasteiger partial charge is 0.384 e. The van der Waals surface area contributed by atoms with E-state index in [1.807, 2.05) is 13.8 Å². The number of hydrogen-bond donors (Lipinski definition) is 1. The van der Waals surface area contributed by atoms with Crippen LogP contribution in [-0.2, 0) is 9.47 Å². The third kappa shape index (κ3) is 2.87. The van der Waals surface area contributed by atoms with E-state index in [2.05, 4.69) is 9.97 Å². The van der Waals surface area contributed by atoms with Gasteiger partial charge in [0.15, 0.2) is 5.82 Å². The predicted octanol–water partition coefficient (Wildman–Crippen LogP) is 1.47. The van der Waals surface area contributed by atoms with Gasteiger partial charge in [-0.2, -0.15) is 0 Å². The fourth-order valence-electron chi connectivity index (χ4n) is 1.12. The van der Waals surface area contributed by atoms with Crippen molar-refractivity contribution in [2.45, 2.75) is 26.1 Å². The highest BCUT2D eigenvalue weighted by molar-refractivity contribution is 5.31. The smallest absolute Gasteiger partial charge is 0.159 e. The van der Waals surface area contributed by atoms with Crippen LogP contribution in [0.3, 0.4) is 0 Å². The average molecular weight is 211 g/mol. The molecule has 0 saturated heterocycles. The molecule has 1 aromatic rings. The monoisotopic (exact) mass is 211 g/mol. The van der Waals surface area contributed by atoms with Crippen LogP contribution in [0.1, 0.15) is 37.6 Å². The van der Waals surface area contributed by atoms with Crippen molar-refractivity contribution >= 4 is 5.82 Å². The zero-order valence-electron chi connectivity index (χ0n) is 9.52. The van der Waals surface area contributed by atoms with Crippen molar-refractivity contribution in [3.63, 3.8) is 0 Å². The lowest BCUT2D eigenvalue weighted by Gasteiger charge is -2.13. The van der Waals surface area contributed by atoms with E-state index in [0.29, 0.717) is 11.6 Å².